The number of hydrogen-bond donors (Lipinski definition) is 2. The molecule has 0 bridgehead atoms. The van der Waals surface area contributed by atoms with Crippen LogP contribution in [0.15, 0.2) is 36.8 Å². The van der Waals surface area contributed by atoms with Gasteiger partial charge in [0.05, 0.1) is 0 Å². The van der Waals surface area contributed by atoms with E-state index in [2.05, 4.69) is 44.7 Å². The van der Waals surface area contributed by atoms with Crippen LogP contribution in [0.3, 0.4) is 0 Å². The molecule has 3 rings (SSSR count). The predicted molar refractivity (Wildman–Crippen MR) is 102 cm³/mol. The number of fused-ring (bicyclic) bond motifs is 1. The molecule has 2 radical (unpaired) electrons. The fourth-order valence-electron chi connectivity index (χ4n) is 2.50. The molecule has 0 aliphatic heterocycles. The first-order valence-corrected chi connectivity index (χ1v) is 8.29. The summed E-state index contributed by atoms with van der Waals surface area (Å²) in [5, 5.41) is 11.1. The minimum Gasteiger partial charge on any atom is -0.370 e. The minimum absolute atomic E-state index is 0.557. The fourth-order valence-corrected chi connectivity index (χ4v) is 2.50. The Morgan fingerprint density at radius 1 is 1.24 bits per heavy atom. The third kappa shape index (κ3) is 4.48. The highest BCUT2D eigenvalue weighted by Crippen LogP contribution is 2.15. The van der Waals surface area contributed by atoms with Crippen LogP contribution in [0.5, 0.6) is 0 Å². The van der Waals surface area contributed by atoms with Crippen molar-refractivity contribution in [2.45, 2.75) is 13.0 Å². The van der Waals surface area contributed by atoms with Gasteiger partial charge in [0.2, 0.25) is 0 Å². The van der Waals surface area contributed by atoms with Crippen LogP contribution in [0.4, 0.5) is 11.6 Å². The van der Waals surface area contributed by atoms with Crippen LogP contribution in [0.2, 0.25) is 0 Å². The monoisotopic (exact) mass is 335 g/mol. The average molecular weight is 335 g/mol. The van der Waals surface area contributed by atoms with E-state index in [-0.39, 0.29) is 0 Å². The smallest absolute Gasteiger partial charge is 0.152 e. The summed E-state index contributed by atoms with van der Waals surface area (Å²) in [6.07, 6.45) is 6.25. The predicted octanol–water partition coefficient (Wildman–Crippen LogP) is 0.894. The van der Waals surface area contributed by atoms with E-state index in [1.807, 2.05) is 24.4 Å². The summed E-state index contributed by atoms with van der Waals surface area (Å²) in [6, 6.07) is 5.89. The zero-order valence-electron chi connectivity index (χ0n) is 14.6. The van der Waals surface area contributed by atoms with Gasteiger partial charge in [0.1, 0.15) is 19.5 Å². The SMILES string of the molecule is [B]c1cnn2c(NCc3cccnc3)cc(NCCCN(C)C)nc12. The lowest BCUT2D eigenvalue weighted by Crippen LogP contribution is -2.17. The molecule has 0 fully saturated rings. The molecule has 25 heavy (non-hydrogen) atoms. The van der Waals surface area contributed by atoms with Crippen LogP contribution in [-0.4, -0.2) is 59.5 Å². The molecule has 3 aromatic rings. The van der Waals surface area contributed by atoms with Gasteiger partial charge in [-0.2, -0.15) is 9.61 Å². The lowest BCUT2D eigenvalue weighted by Gasteiger charge is -2.13. The van der Waals surface area contributed by atoms with Gasteiger partial charge in [-0.05, 0) is 44.2 Å². The van der Waals surface area contributed by atoms with Crippen LogP contribution in [0.25, 0.3) is 5.65 Å². The molecule has 0 aliphatic carbocycles. The van der Waals surface area contributed by atoms with Crippen molar-refractivity contribution in [3.8, 4) is 0 Å². The summed E-state index contributed by atoms with van der Waals surface area (Å²) in [6.45, 7) is 2.51. The topological polar surface area (TPSA) is 70.4 Å². The van der Waals surface area contributed by atoms with E-state index < -0.39 is 0 Å². The summed E-state index contributed by atoms with van der Waals surface area (Å²) in [4.78, 5) is 10.9. The Bertz CT molecular complexity index is 816. The Morgan fingerprint density at radius 3 is 2.88 bits per heavy atom. The summed E-state index contributed by atoms with van der Waals surface area (Å²) in [7, 11) is 10.1. The van der Waals surface area contributed by atoms with Crippen LogP contribution in [0, 0.1) is 0 Å². The molecule has 0 atom stereocenters. The Kier molecular flexibility index (Phi) is 5.50. The standard InChI is InChI=1S/C17H22BN7/c1-24(2)8-4-7-20-15-9-16(21-11-13-5-3-6-19-10-13)25-17(23-15)14(18)12-22-25/h3,5-6,9-10,12,21H,4,7-8,11H2,1-2H3,(H,20,23). The molecule has 0 spiro atoms. The zero-order valence-corrected chi connectivity index (χ0v) is 14.6. The van der Waals surface area contributed by atoms with Gasteiger partial charge in [-0.15, -0.1) is 0 Å². The Hall–Kier alpha value is -2.61. The highest BCUT2D eigenvalue weighted by Gasteiger charge is 2.09. The highest BCUT2D eigenvalue weighted by molar-refractivity contribution is 6.36. The van der Waals surface area contributed by atoms with E-state index in [0.717, 1.165) is 36.7 Å². The van der Waals surface area contributed by atoms with Gasteiger partial charge in [-0.1, -0.05) is 6.07 Å². The van der Waals surface area contributed by atoms with E-state index in [0.29, 0.717) is 17.7 Å². The Labute approximate surface area is 148 Å². The first kappa shape index (κ1) is 17.2. The van der Waals surface area contributed by atoms with Crippen LogP contribution < -0.4 is 16.1 Å². The van der Waals surface area contributed by atoms with Gasteiger partial charge in [0, 0.05) is 37.7 Å². The van der Waals surface area contributed by atoms with Gasteiger partial charge in [-0.25, -0.2) is 4.98 Å². The molecular weight excluding hydrogens is 313 g/mol. The third-order valence-electron chi connectivity index (χ3n) is 3.78. The van der Waals surface area contributed by atoms with E-state index in [9.17, 15) is 0 Å². The maximum atomic E-state index is 6.00. The van der Waals surface area contributed by atoms with Crippen molar-refractivity contribution in [2.75, 3.05) is 37.8 Å². The fraction of sp³-hybridized carbons (Fsp3) is 0.353. The zero-order chi connectivity index (χ0) is 17.6. The lowest BCUT2D eigenvalue weighted by atomic mass is 10.0. The Balaban J connectivity index is 1.76. The quantitative estimate of drug-likeness (QED) is 0.471. The van der Waals surface area contributed by atoms with Crippen molar-refractivity contribution in [3.05, 3.63) is 42.4 Å². The molecule has 3 aromatic heterocycles. The molecule has 7 nitrogen and oxygen atoms in total. The van der Waals surface area contributed by atoms with Crippen molar-refractivity contribution < 1.29 is 0 Å². The summed E-state index contributed by atoms with van der Waals surface area (Å²) >= 11 is 0. The number of aromatic nitrogens is 4. The van der Waals surface area contributed by atoms with E-state index in [1.165, 1.54) is 0 Å². The van der Waals surface area contributed by atoms with Crippen molar-refractivity contribution >= 4 is 30.6 Å². The molecule has 0 saturated carbocycles. The number of nitrogens with zero attached hydrogens (tertiary/aromatic N) is 5. The number of anilines is 2. The van der Waals surface area contributed by atoms with E-state index >= 15 is 0 Å². The van der Waals surface area contributed by atoms with Crippen molar-refractivity contribution in [1.82, 2.24) is 24.5 Å². The second-order valence-corrected chi connectivity index (χ2v) is 6.16. The van der Waals surface area contributed by atoms with Gasteiger partial charge >= 0.3 is 0 Å². The number of hydrogen-bond acceptors (Lipinski definition) is 6. The molecule has 8 heteroatoms. The number of pyridine rings is 1. The number of nitrogens with one attached hydrogen (secondary N) is 2. The maximum Gasteiger partial charge on any atom is 0.152 e. The first-order chi connectivity index (χ1) is 12.1. The molecule has 3 heterocycles. The average Bonchev–Trinajstić information content (AvgIpc) is 2.99. The van der Waals surface area contributed by atoms with Gasteiger partial charge in [0.25, 0.3) is 0 Å². The molecule has 0 unspecified atom stereocenters. The number of rotatable bonds is 8. The molecular formula is C17H22BN7. The largest absolute Gasteiger partial charge is 0.370 e. The highest BCUT2D eigenvalue weighted by atomic mass is 15.3. The second kappa shape index (κ2) is 7.98. The van der Waals surface area contributed by atoms with Crippen LogP contribution in [0.1, 0.15) is 12.0 Å². The van der Waals surface area contributed by atoms with Crippen LogP contribution in [-0.2, 0) is 6.54 Å². The second-order valence-electron chi connectivity index (χ2n) is 6.16. The van der Waals surface area contributed by atoms with Crippen molar-refractivity contribution in [3.63, 3.8) is 0 Å². The molecule has 0 saturated heterocycles. The van der Waals surface area contributed by atoms with Gasteiger partial charge in [-0.3, -0.25) is 4.98 Å². The summed E-state index contributed by atoms with van der Waals surface area (Å²) in [5.41, 5.74) is 2.29. The van der Waals surface area contributed by atoms with Crippen molar-refractivity contribution in [2.24, 2.45) is 0 Å². The summed E-state index contributed by atoms with van der Waals surface area (Å²) in [5.74, 6) is 1.62. The first-order valence-electron chi connectivity index (χ1n) is 8.29. The summed E-state index contributed by atoms with van der Waals surface area (Å²) < 4.78 is 1.72. The Morgan fingerprint density at radius 2 is 2.12 bits per heavy atom. The maximum absolute atomic E-state index is 6.00. The molecule has 2 N–H and O–H groups in total. The van der Waals surface area contributed by atoms with Crippen molar-refractivity contribution in [1.29, 1.82) is 0 Å². The van der Waals surface area contributed by atoms with E-state index in [1.54, 1.807) is 16.9 Å². The normalized spacial score (nSPS) is 11.2. The van der Waals surface area contributed by atoms with Gasteiger partial charge < -0.3 is 15.5 Å². The molecule has 128 valence electrons. The van der Waals surface area contributed by atoms with E-state index in [4.69, 9.17) is 7.85 Å². The molecule has 0 aliphatic rings. The minimum atomic E-state index is 0.557. The van der Waals surface area contributed by atoms with Gasteiger partial charge in [0.15, 0.2) is 5.65 Å². The molecule has 0 aromatic carbocycles. The van der Waals surface area contributed by atoms with Crippen LogP contribution >= 0.6 is 0 Å². The molecule has 0 amide bonds. The lowest BCUT2D eigenvalue weighted by molar-refractivity contribution is 0.405. The third-order valence-corrected chi connectivity index (χ3v) is 3.78.